The highest BCUT2D eigenvalue weighted by molar-refractivity contribution is 7.16. The smallest absolute Gasteiger partial charge is 0.395 e. The quantitative estimate of drug-likeness (QED) is 0.558. The predicted octanol–water partition coefficient (Wildman–Crippen LogP) is 0.644. The fraction of sp³-hybridized carbons (Fsp3) is 0. The van der Waals surface area contributed by atoms with Crippen molar-refractivity contribution in [3.63, 3.8) is 0 Å². The number of hydrogen-bond acceptors (Lipinski definition) is 5. The highest BCUT2D eigenvalue weighted by Crippen LogP contribution is 2.10. The standard InChI is InChI=1S/C5H2N2O2S/c8-5-9-4-3(10-5)1-6-2-7-4/h1-2H. The van der Waals surface area contributed by atoms with Crippen LogP contribution in [-0.4, -0.2) is 9.97 Å². The van der Waals surface area contributed by atoms with Gasteiger partial charge in [-0.05, 0) is 11.3 Å². The lowest BCUT2D eigenvalue weighted by Gasteiger charge is -1.78. The lowest BCUT2D eigenvalue weighted by molar-refractivity contribution is 0.573. The molecule has 0 aliphatic rings. The van der Waals surface area contributed by atoms with Crippen molar-refractivity contribution in [2.45, 2.75) is 0 Å². The fourth-order valence-corrected chi connectivity index (χ4v) is 1.24. The van der Waals surface area contributed by atoms with Gasteiger partial charge in [0.25, 0.3) is 0 Å². The first kappa shape index (κ1) is 5.55. The summed E-state index contributed by atoms with van der Waals surface area (Å²) in [6.45, 7) is 0. The molecule has 0 unspecified atom stereocenters. The zero-order valence-corrected chi connectivity index (χ0v) is 5.59. The van der Waals surface area contributed by atoms with Gasteiger partial charge in [-0.2, -0.15) is 0 Å². The minimum atomic E-state index is -0.337. The van der Waals surface area contributed by atoms with Crippen molar-refractivity contribution in [1.82, 2.24) is 9.97 Å². The van der Waals surface area contributed by atoms with Gasteiger partial charge in [-0.1, -0.05) is 0 Å². The molecule has 0 aromatic carbocycles. The Hall–Kier alpha value is -1.23. The molecule has 2 heterocycles. The van der Waals surface area contributed by atoms with E-state index in [1.54, 1.807) is 6.20 Å². The van der Waals surface area contributed by atoms with Crippen molar-refractivity contribution in [2.24, 2.45) is 0 Å². The summed E-state index contributed by atoms with van der Waals surface area (Å²) in [5.41, 5.74) is 0.366. The van der Waals surface area contributed by atoms with Crippen molar-refractivity contribution in [3.05, 3.63) is 22.3 Å². The molecule has 0 bridgehead atoms. The van der Waals surface area contributed by atoms with Gasteiger partial charge in [0.15, 0.2) is 0 Å². The Morgan fingerprint density at radius 2 is 2.50 bits per heavy atom. The van der Waals surface area contributed by atoms with E-state index in [-0.39, 0.29) is 4.94 Å². The Labute approximate surface area is 59.2 Å². The van der Waals surface area contributed by atoms with Gasteiger partial charge < -0.3 is 4.42 Å². The second-order valence-electron chi connectivity index (χ2n) is 1.65. The lowest BCUT2D eigenvalue weighted by atomic mass is 10.7. The molecule has 0 amide bonds. The van der Waals surface area contributed by atoms with Crippen molar-refractivity contribution in [3.8, 4) is 0 Å². The third-order valence-electron chi connectivity index (χ3n) is 1.02. The SMILES string of the molecule is O=c1oc2ncncc2s1. The maximum Gasteiger partial charge on any atom is 0.397 e. The molecule has 2 rings (SSSR count). The van der Waals surface area contributed by atoms with Gasteiger partial charge in [0, 0.05) is 0 Å². The molecule has 0 N–H and O–H groups in total. The van der Waals surface area contributed by atoms with Gasteiger partial charge in [-0.3, -0.25) is 0 Å². The van der Waals surface area contributed by atoms with Crippen molar-refractivity contribution in [1.29, 1.82) is 0 Å². The summed E-state index contributed by atoms with van der Waals surface area (Å²) < 4.78 is 5.37. The summed E-state index contributed by atoms with van der Waals surface area (Å²) in [6, 6.07) is 0. The van der Waals surface area contributed by atoms with Crippen LogP contribution < -0.4 is 4.94 Å². The van der Waals surface area contributed by atoms with Gasteiger partial charge in [-0.15, -0.1) is 0 Å². The molecular formula is C5H2N2O2S. The molecule has 10 heavy (non-hydrogen) atoms. The third-order valence-corrected chi connectivity index (χ3v) is 1.77. The first-order valence-corrected chi connectivity index (χ1v) is 3.37. The number of rotatable bonds is 0. The summed E-state index contributed by atoms with van der Waals surface area (Å²) in [4.78, 5) is 17.7. The number of fused-ring (bicyclic) bond motifs is 1. The van der Waals surface area contributed by atoms with Crippen LogP contribution in [0.2, 0.25) is 0 Å². The third kappa shape index (κ3) is 0.714. The van der Waals surface area contributed by atoms with E-state index < -0.39 is 0 Å². The van der Waals surface area contributed by atoms with E-state index in [2.05, 4.69) is 14.4 Å². The molecule has 50 valence electrons. The topological polar surface area (TPSA) is 56.0 Å². The summed E-state index contributed by atoms with van der Waals surface area (Å²) in [6.07, 6.45) is 2.90. The van der Waals surface area contributed by atoms with Crippen LogP contribution in [0.3, 0.4) is 0 Å². The van der Waals surface area contributed by atoms with Gasteiger partial charge in [0.1, 0.15) is 11.0 Å². The van der Waals surface area contributed by atoms with Crippen LogP contribution in [0.4, 0.5) is 0 Å². The molecule has 0 saturated heterocycles. The van der Waals surface area contributed by atoms with E-state index in [9.17, 15) is 4.79 Å². The highest BCUT2D eigenvalue weighted by atomic mass is 32.1. The Bertz CT molecular complexity index is 369. The molecule has 0 spiro atoms. The lowest BCUT2D eigenvalue weighted by Crippen LogP contribution is -1.80. The molecule has 0 aliphatic carbocycles. The Kier molecular flexibility index (Phi) is 1.04. The molecule has 0 radical (unpaired) electrons. The van der Waals surface area contributed by atoms with E-state index in [1.165, 1.54) is 6.33 Å². The first-order chi connectivity index (χ1) is 4.86. The highest BCUT2D eigenvalue weighted by Gasteiger charge is 1.99. The average Bonchev–Trinajstić information content (AvgIpc) is 2.27. The Morgan fingerprint density at radius 1 is 1.60 bits per heavy atom. The van der Waals surface area contributed by atoms with Gasteiger partial charge in [-0.25, -0.2) is 14.8 Å². The summed E-state index contributed by atoms with van der Waals surface area (Å²) in [5, 5.41) is 0. The molecular weight excluding hydrogens is 152 g/mol. The van der Waals surface area contributed by atoms with Crippen LogP contribution in [0.25, 0.3) is 10.4 Å². The number of nitrogens with zero attached hydrogens (tertiary/aromatic N) is 2. The maximum atomic E-state index is 10.6. The zero-order chi connectivity index (χ0) is 6.97. The van der Waals surface area contributed by atoms with Crippen molar-refractivity contribution < 1.29 is 4.42 Å². The van der Waals surface area contributed by atoms with Gasteiger partial charge in [0.2, 0.25) is 5.71 Å². The molecule has 2 aromatic rings. The largest absolute Gasteiger partial charge is 0.397 e. The molecule has 0 saturated carbocycles. The Morgan fingerprint density at radius 3 is 3.30 bits per heavy atom. The summed E-state index contributed by atoms with van der Waals surface area (Å²) in [7, 11) is 0. The molecule has 0 atom stereocenters. The second-order valence-corrected chi connectivity index (χ2v) is 2.62. The van der Waals surface area contributed by atoms with Crippen molar-refractivity contribution in [2.75, 3.05) is 0 Å². The normalized spacial score (nSPS) is 10.4. The molecule has 5 heteroatoms. The molecule has 2 aromatic heterocycles. The number of aromatic nitrogens is 2. The van der Waals surface area contributed by atoms with E-state index in [0.29, 0.717) is 10.4 Å². The van der Waals surface area contributed by atoms with Gasteiger partial charge in [0.05, 0.1) is 6.20 Å². The number of hydrogen-bond donors (Lipinski definition) is 0. The summed E-state index contributed by atoms with van der Waals surface area (Å²) >= 11 is 1.00. The van der Waals surface area contributed by atoms with E-state index >= 15 is 0 Å². The Balaban J connectivity index is 3.01. The zero-order valence-electron chi connectivity index (χ0n) is 4.77. The maximum absolute atomic E-state index is 10.6. The van der Waals surface area contributed by atoms with Gasteiger partial charge >= 0.3 is 4.94 Å². The summed E-state index contributed by atoms with van der Waals surface area (Å²) in [5.74, 6) is 0. The van der Waals surface area contributed by atoms with Crippen LogP contribution in [-0.2, 0) is 0 Å². The first-order valence-electron chi connectivity index (χ1n) is 2.56. The minimum absolute atomic E-state index is 0.337. The molecule has 0 aliphatic heterocycles. The van der Waals surface area contributed by atoms with E-state index in [4.69, 9.17) is 0 Å². The molecule has 4 nitrogen and oxygen atoms in total. The van der Waals surface area contributed by atoms with E-state index in [0.717, 1.165) is 11.3 Å². The molecule has 0 fully saturated rings. The second kappa shape index (κ2) is 1.88. The average molecular weight is 154 g/mol. The predicted molar refractivity (Wildman–Crippen MR) is 36.0 cm³/mol. The monoisotopic (exact) mass is 154 g/mol. The minimum Gasteiger partial charge on any atom is -0.395 e. The van der Waals surface area contributed by atoms with E-state index in [1.807, 2.05) is 0 Å². The van der Waals surface area contributed by atoms with Crippen LogP contribution >= 0.6 is 11.3 Å². The van der Waals surface area contributed by atoms with Crippen LogP contribution in [0.15, 0.2) is 21.7 Å². The fourth-order valence-electron chi connectivity index (χ4n) is 0.642. The van der Waals surface area contributed by atoms with Crippen LogP contribution in [0.5, 0.6) is 0 Å². The van der Waals surface area contributed by atoms with Crippen LogP contribution in [0.1, 0.15) is 0 Å². The van der Waals surface area contributed by atoms with Crippen molar-refractivity contribution >= 4 is 21.8 Å². The van der Waals surface area contributed by atoms with Crippen LogP contribution in [0, 0.1) is 0 Å².